The van der Waals surface area contributed by atoms with Crippen LogP contribution in [0.1, 0.15) is 51.6 Å². The lowest BCUT2D eigenvalue weighted by molar-refractivity contribution is 0.234. The van der Waals surface area contributed by atoms with Crippen molar-refractivity contribution < 1.29 is 9.53 Å². The lowest BCUT2D eigenvalue weighted by atomic mass is 10.0. The molecule has 4 heteroatoms. The number of ether oxygens (including phenoxy) is 1. The third kappa shape index (κ3) is 5.66. The van der Waals surface area contributed by atoms with E-state index < -0.39 is 0 Å². The van der Waals surface area contributed by atoms with E-state index in [2.05, 4.69) is 31.4 Å². The summed E-state index contributed by atoms with van der Waals surface area (Å²) in [5.74, 6) is 1.38. The van der Waals surface area contributed by atoms with E-state index in [1.54, 1.807) is 7.11 Å². The molecule has 0 saturated heterocycles. The van der Waals surface area contributed by atoms with Crippen molar-refractivity contribution in [1.29, 1.82) is 0 Å². The summed E-state index contributed by atoms with van der Waals surface area (Å²) in [5.41, 5.74) is 1.09. The molecule has 0 aromatic heterocycles. The number of nitrogens with one attached hydrogen (secondary N) is 2. The minimum Gasteiger partial charge on any atom is -0.497 e. The maximum Gasteiger partial charge on any atom is 0.315 e. The van der Waals surface area contributed by atoms with E-state index in [-0.39, 0.29) is 12.1 Å². The van der Waals surface area contributed by atoms with Crippen LogP contribution in [0.2, 0.25) is 0 Å². The molecule has 0 aliphatic rings. The molecule has 118 valence electrons. The minimum absolute atomic E-state index is 0.0256. The maximum atomic E-state index is 12.0. The Hall–Kier alpha value is -1.71. The summed E-state index contributed by atoms with van der Waals surface area (Å²) < 4.78 is 5.15. The van der Waals surface area contributed by atoms with Crippen LogP contribution in [0.25, 0.3) is 0 Å². The molecule has 0 heterocycles. The van der Waals surface area contributed by atoms with Crippen LogP contribution in [0.5, 0.6) is 5.75 Å². The standard InChI is InChI=1S/C17H28N2O2/c1-5-13(6-2)12-18-17(20)19-16(7-3)14-8-10-15(21-4)11-9-14/h8-11,13,16H,5-7,12H2,1-4H3,(H2,18,19,20). The van der Waals surface area contributed by atoms with Gasteiger partial charge in [-0.1, -0.05) is 45.7 Å². The molecule has 0 aliphatic heterocycles. The van der Waals surface area contributed by atoms with Gasteiger partial charge in [-0.05, 0) is 30.0 Å². The van der Waals surface area contributed by atoms with Crippen molar-refractivity contribution in [1.82, 2.24) is 10.6 Å². The third-order valence-electron chi connectivity index (χ3n) is 3.94. The topological polar surface area (TPSA) is 50.4 Å². The number of hydrogen-bond acceptors (Lipinski definition) is 2. The van der Waals surface area contributed by atoms with Gasteiger partial charge in [-0.15, -0.1) is 0 Å². The van der Waals surface area contributed by atoms with E-state index >= 15 is 0 Å². The first-order chi connectivity index (χ1) is 10.1. The molecule has 21 heavy (non-hydrogen) atoms. The Morgan fingerprint density at radius 1 is 1.10 bits per heavy atom. The number of benzene rings is 1. The molecule has 2 amide bonds. The van der Waals surface area contributed by atoms with E-state index in [0.717, 1.165) is 37.1 Å². The van der Waals surface area contributed by atoms with Crippen molar-refractivity contribution in [3.8, 4) is 5.75 Å². The molecule has 1 atom stereocenters. The molecule has 0 saturated carbocycles. The van der Waals surface area contributed by atoms with Gasteiger partial charge in [-0.2, -0.15) is 0 Å². The molecule has 1 aromatic carbocycles. The molecule has 0 bridgehead atoms. The molecular formula is C17H28N2O2. The van der Waals surface area contributed by atoms with Crippen molar-refractivity contribution >= 4 is 6.03 Å². The first-order valence-corrected chi connectivity index (χ1v) is 7.82. The first-order valence-electron chi connectivity index (χ1n) is 7.82. The highest BCUT2D eigenvalue weighted by Crippen LogP contribution is 2.19. The number of carbonyl (C=O) groups is 1. The summed E-state index contributed by atoms with van der Waals surface area (Å²) in [6.45, 7) is 7.11. The molecule has 0 fully saturated rings. The molecule has 0 radical (unpaired) electrons. The highest BCUT2D eigenvalue weighted by molar-refractivity contribution is 5.74. The Morgan fingerprint density at radius 3 is 2.19 bits per heavy atom. The van der Waals surface area contributed by atoms with Gasteiger partial charge in [-0.25, -0.2) is 4.79 Å². The zero-order chi connectivity index (χ0) is 15.7. The Bertz CT molecular complexity index is 413. The first kappa shape index (κ1) is 17.3. The molecule has 1 rings (SSSR count). The van der Waals surface area contributed by atoms with Crippen LogP contribution in [0, 0.1) is 5.92 Å². The fourth-order valence-electron chi connectivity index (χ4n) is 2.28. The van der Waals surface area contributed by atoms with E-state index in [1.807, 2.05) is 24.3 Å². The second-order valence-corrected chi connectivity index (χ2v) is 5.27. The predicted molar refractivity (Wildman–Crippen MR) is 86.6 cm³/mol. The van der Waals surface area contributed by atoms with E-state index in [0.29, 0.717) is 5.92 Å². The summed E-state index contributed by atoms with van der Waals surface area (Å²) in [6, 6.07) is 7.76. The highest BCUT2D eigenvalue weighted by atomic mass is 16.5. The monoisotopic (exact) mass is 292 g/mol. The molecule has 4 nitrogen and oxygen atoms in total. The second-order valence-electron chi connectivity index (χ2n) is 5.27. The Morgan fingerprint density at radius 2 is 1.71 bits per heavy atom. The number of urea groups is 1. The average molecular weight is 292 g/mol. The molecular weight excluding hydrogens is 264 g/mol. The largest absolute Gasteiger partial charge is 0.497 e. The van der Waals surface area contributed by atoms with E-state index in [9.17, 15) is 4.79 Å². The smallest absolute Gasteiger partial charge is 0.315 e. The zero-order valence-corrected chi connectivity index (χ0v) is 13.6. The van der Waals surface area contributed by atoms with E-state index in [1.165, 1.54) is 0 Å². The lowest BCUT2D eigenvalue weighted by Gasteiger charge is -2.20. The van der Waals surface area contributed by atoms with Gasteiger partial charge >= 0.3 is 6.03 Å². The van der Waals surface area contributed by atoms with Crippen LogP contribution in [-0.2, 0) is 0 Å². The van der Waals surface area contributed by atoms with Crippen LogP contribution in [0.15, 0.2) is 24.3 Å². The van der Waals surface area contributed by atoms with Crippen molar-refractivity contribution in [3.63, 3.8) is 0 Å². The van der Waals surface area contributed by atoms with Gasteiger partial charge in [0, 0.05) is 6.54 Å². The van der Waals surface area contributed by atoms with Gasteiger partial charge in [0.1, 0.15) is 5.75 Å². The molecule has 0 spiro atoms. The van der Waals surface area contributed by atoms with Crippen molar-refractivity contribution in [2.75, 3.05) is 13.7 Å². The van der Waals surface area contributed by atoms with Crippen molar-refractivity contribution in [2.24, 2.45) is 5.92 Å². The number of methoxy groups -OCH3 is 1. The predicted octanol–water partition coefficient (Wildman–Crippen LogP) is 3.88. The zero-order valence-electron chi connectivity index (χ0n) is 13.6. The fraction of sp³-hybridized carbons (Fsp3) is 0.588. The summed E-state index contributed by atoms with van der Waals surface area (Å²) in [4.78, 5) is 12.0. The number of carbonyl (C=O) groups excluding carboxylic acids is 1. The lowest BCUT2D eigenvalue weighted by Crippen LogP contribution is -2.39. The maximum absolute atomic E-state index is 12.0. The summed E-state index contributed by atoms with van der Waals surface area (Å²) >= 11 is 0. The molecule has 0 aliphatic carbocycles. The van der Waals surface area contributed by atoms with Crippen LogP contribution in [-0.4, -0.2) is 19.7 Å². The fourth-order valence-corrected chi connectivity index (χ4v) is 2.28. The van der Waals surface area contributed by atoms with Gasteiger partial charge in [0.05, 0.1) is 13.2 Å². The Balaban J connectivity index is 2.54. The molecule has 1 aromatic rings. The molecule has 1 unspecified atom stereocenters. The van der Waals surface area contributed by atoms with E-state index in [4.69, 9.17) is 4.74 Å². The highest BCUT2D eigenvalue weighted by Gasteiger charge is 2.13. The molecule has 2 N–H and O–H groups in total. The SMILES string of the molecule is CCC(CC)CNC(=O)NC(CC)c1ccc(OC)cc1. The van der Waals surface area contributed by atoms with Gasteiger partial charge < -0.3 is 15.4 Å². The Kier molecular flexibility index (Phi) is 7.65. The van der Waals surface area contributed by atoms with Crippen LogP contribution in [0.3, 0.4) is 0 Å². The number of rotatable bonds is 8. The number of hydrogen-bond donors (Lipinski definition) is 2. The van der Waals surface area contributed by atoms with Crippen LogP contribution >= 0.6 is 0 Å². The van der Waals surface area contributed by atoms with Gasteiger partial charge in [0.2, 0.25) is 0 Å². The van der Waals surface area contributed by atoms with Gasteiger partial charge in [-0.3, -0.25) is 0 Å². The van der Waals surface area contributed by atoms with Gasteiger partial charge in [0.25, 0.3) is 0 Å². The summed E-state index contributed by atoms with van der Waals surface area (Å²) in [6.07, 6.45) is 3.03. The third-order valence-corrected chi connectivity index (χ3v) is 3.94. The minimum atomic E-state index is -0.0930. The van der Waals surface area contributed by atoms with Crippen LogP contribution < -0.4 is 15.4 Å². The quantitative estimate of drug-likeness (QED) is 0.764. The summed E-state index contributed by atoms with van der Waals surface area (Å²) in [5, 5.41) is 6.00. The van der Waals surface area contributed by atoms with Gasteiger partial charge in [0.15, 0.2) is 0 Å². The Labute approximate surface area is 128 Å². The average Bonchev–Trinajstić information content (AvgIpc) is 2.53. The van der Waals surface area contributed by atoms with Crippen molar-refractivity contribution in [2.45, 2.75) is 46.1 Å². The number of amides is 2. The summed E-state index contributed by atoms with van der Waals surface area (Å²) in [7, 11) is 1.65. The van der Waals surface area contributed by atoms with Crippen molar-refractivity contribution in [3.05, 3.63) is 29.8 Å². The van der Waals surface area contributed by atoms with Crippen LogP contribution in [0.4, 0.5) is 4.79 Å². The second kappa shape index (κ2) is 9.27. The normalized spacial score (nSPS) is 12.0.